The molecule has 2 heterocycles. The van der Waals surface area contributed by atoms with Crippen molar-refractivity contribution in [2.75, 3.05) is 12.0 Å². The lowest BCUT2D eigenvalue weighted by Gasteiger charge is -2.04. The van der Waals surface area contributed by atoms with Gasteiger partial charge in [0.1, 0.15) is 5.69 Å². The molecule has 0 unspecified atom stereocenters. The summed E-state index contributed by atoms with van der Waals surface area (Å²) in [4.78, 5) is 8.97. The SMILES string of the molecule is Cn1c(-c2ncccc2N)nc2cc(S(C)(=O)=O)ccc21. The Hall–Kier alpha value is -2.41. The molecule has 0 atom stereocenters. The fraction of sp³-hybridized carbons (Fsp3) is 0.143. The van der Waals surface area contributed by atoms with Gasteiger partial charge in [0.05, 0.1) is 21.6 Å². The second-order valence-electron chi connectivity index (χ2n) is 4.86. The molecule has 2 aromatic heterocycles. The number of nitrogens with zero attached hydrogens (tertiary/aromatic N) is 3. The van der Waals surface area contributed by atoms with Crippen LogP contribution in [0.1, 0.15) is 0 Å². The minimum absolute atomic E-state index is 0.244. The number of pyridine rings is 1. The fourth-order valence-corrected chi connectivity index (χ4v) is 2.87. The van der Waals surface area contributed by atoms with Crippen molar-refractivity contribution >= 4 is 26.6 Å². The number of aryl methyl sites for hydroxylation is 1. The predicted molar refractivity (Wildman–Crippen MR) is 81.5 cm³/mol. The van der Waals surface area contributed by atoms with Crippen molar-refractivity contribution in [3.63, 3.8) is 0 Å². The normalized spacial score (nSPS) is 11.9. The highest BCUT2D eigenvalue weighted by atomic mass is 32.2. The van der Waals surface area contributed by atoms with Gasteiger partial charge in [-0.15, -0.1) is 0 Å². The number of fused-ring (bicyclic) bond motifs is 1. The Balaban J connectivity index is 2.28. The van der Waals surface area contributed by atoms with Crippen LogP contribution in [-0.2, 0) is 16.9 Å². The van der Waals surface area contributed by atoms with Crippen LogP contribution in [0.5, 0.6) is 0 Å². The smallest absolute Gasteiger partial charge is 0.175 e. The number of nitrogens with two attached hydrogens (primary N) is 1. The zero-order valence-corrected chi connectivity index (χ0v) is 12.4. The number of rotatable bonds is 2. The van der Waals surface area contributed by atoms with Crippen molar-refractivity contribution in [3.05, 3.63) is 36.5 Å². The zero-order chi connectivity index (χ0) is 15.2. The quantitative estimate of drug-likeness (QED) is 0.776. The van der Waals surface area contributed by atoms with E-state index in [0.717, 1.165) is 5.52 Å². The van der Waals surface area contributed by atoms with Crippen LogP contribution in [0.15, 0.2) is 41.4 Å². The summed E-state index contributed by atoms with van der Waals surface area (Å²) in [5.41, 5.74) is 8.46. The number of sulfone groups is 1. The van der Waals surface area contributed by atoms with E-state index in [1.807, 2.05) is 11.6 Å². The Morgan fingerprint density at radius 1 is 1.24 bits per heavy atom. The molecule has 0 saturated carbocycles. The number of anilines is 1. The molecule has 3 rings (SSSR count). The summed E-state index contributed by atoms with van der Waals surface area (Å²) in [6.07, 6.45) is 2.82. The maximum Gasteiger partial charge on any atom is 0.175 e. The first kappa shape index (κ1) is 13.6. The summed E-state index contributed by atoms with van der Waals surface area (Å²) in [5, 5.41) is 0. The Labute approximate surface area is 122 Å². The van der Waals surface area contributed by atoms with Crippen molar-refractivity contribution in [1.82, 2.24) is 14.5 Å². The molecular weight excluding hydrogens is 288 g/mol. The van der Waals surface area contributed by atoms with Crippen LogP contribution >= 0.6 is 0 Å². The van der Waals surface area contributed by atoms with Gasteiger partial charge in [-0.3, -0.25) is 4.98 Å². The van der Waals surface area contributed by atoms with E-state index in [0.29, 0.717) is 22.7 Å². The zero-order valence-electron chi connectivity index (χ0n) is 11.6. The third-order valence-electron chi connectivity index (χ3n) is 3.33. The van der Waals surface area contributed by atoms with Gasteiger partial charge < -0.3 is 10.3 Å². The highest BCUT2D eigenvalue weighted by Crippen LogP contribution is 2.27. The standard InChI is InChI=1S/C14H14N4O2S/c1-18-12-6-5-9(21(2,19)20)8-11(12)17-14(18)13-10(15)4-3-7-16-13/h3-8H,15H2,1-2H3. The number of hydrogen-bond donors (Lipinski definition) is 1. The summed E-state index contributed by atoms with van der Waals surface area (Å²) in [6, 6.07) is 8.38. The minimum atomic E-state index is -3.26. The Bertz CT molecular complexity index is 945. The Morgan fingerprint density at radius 3 is 2.67 bits per heavy atom. The molecule has 2 N–H and O–H groups in total. The van der Waals surface area contributed by atoms with Crippen LogP contribution in [0, 0.1) is 0 Å². The molecule has 108 valence electrons. The molecule has 21 heavy (non-hydrogen) atoms. The van der Waals surface area contributed by atoms with E-state index in [2.05, 4.69) is 9.97 Å². The molecule has 0 radical (unpaired) electrons. The Morgan fingerprint density at radius 2 is 2.00 bits per heavy atom. The Kier molecular flexibility index (Phi) is 2.94. The molecule has 0 amide bonds. The second kappa shape index (κ2) is 4.56. The molecule has 0 aliphatic carbocycles. The first-order valence-electron chi connectivity index (χ1n) is 6.25. The lowest BCUT2D eigenvalue weighted by molar-refractivity contribution is 0.602. The summed E-state index contributed by atoms with van der Waals surface area (Å²) in [6.45, 7) is 0. The largest absolute Gasteiger partial charge is 0.397 e. The van der Waals surface area contributed by atoms with E-state index in [-0.39, 0.29) is 4.90 Å². The fourth-order valence-electron chi connectivity index (χ4n) is 2.23. The maximum absolute atomic E-state index is 11.6. The van der Waals surface area contributed by atoms with Gasteiger partial charge in [0.25, 0.3) is 0 Å². The van der Waals surface area contributed by atoms with E-state index >= 15 is 0 Å². The molecule has 0 saturated heterocycles. The van der Waals surface area contributed by atoms with Crippen molar-refractivity contribution in [1.29, 1.82) is 0 Å². The molecular formula is C14H14N4O2S. The molecule has 0 bridgehead atoms. The van der Waals surface area contributed by atoms with Crippen molar-refractivity contribution in [3.8, 4) is 11.5 Å². The van der Waals surface area contributed by atoms with Crippen molar-refractivity contribution < 1.29 is 8.42 Å². The number of aromatic nitrogens is 3. The topological polar surface area (TPSA) is 90.9 Å². The van der Waals surface area contributed by atoms with Crippen molar-refractivity contribution in [2.45, 2.75) is 4.90 Å². The average Bonchev–Trinajstić information content (AvgIpc) is 2.75. The van der Waals surface area contributed by atoms with E-state index in [1.54, 1.807) is 36.5 Å². The van der Waals surface area contributed by atoms with Crippen LogP contribution in [0.2, 0.25) is 0 Å². The van der Waals surface area contributed by atoms with Gasteiger partial charge in [0.15, 0.2) is 15.7 Å². The first-order chi connectivity index (χ1) is 9.88. The highest BCUT2D eigenvalue weighted by molar-refractivity contribution is 7.90. The molecule has 1 aromatic carbocycles. The van der Waals surface area contributed by atoms with Crippen LogP contribution in [0.4, 0.5) is 5.69 Å². The molecule has 0 aliphatic rings. The summed E-state index contributed by atoms with van der Waals surface area (Å²) in [7, 11) is -1.41. The highest BCUT2D eigenvalue weighted by Gasteiger charge is 2.15. The van der Waals surface area contributed by atoms with Crippen LogP contribution < -0.4 is 5.73 Å². The summed E-state index contributed by atoms with van der Waals surface area (Å²) < 4.78 is 25.1. The van der Waals surface area contributed by atoms with Gasteiger partial charge in [-0.25, -0.2) is 13.4 Å². The molecule has 0 aliphatic heterocycles. The lowest BCUT2D eigenvalue weighted by atomic mass is 10.3. The van der Waals surface area contributed by atoms with Crippen LogP contribution in [-0.4, -0.2) is 29.2 Å². The van der Waals surface area contributed by atoms with E-state index < -0.39 is 9.84 Å². The van der Waals surface area contributed by atoms with Gasteiger partial charge in [0.2, 0.25) is 0 Å². The van der Waals surface area contributed by atoms with E-state index in [9.17, 15) is 8.42 Å². The van der Waals surface area contributed by atoms with Gasteiger partial charge in [-0.1, -0.05) is 0 Å². The van der Waals surface area contributed by atoms with E-state index in [4.69, 9.17) is 5.73 Å². The van der Waals surface area contributed by atoms with E-state index in [1.165, 1.54) is 6.26 Å². The number of imidazole rings is 1. The van der Waals surface area contributed by atoms with Crippen molar-refractivity contribution in [2.24, 2.45) is 7.05 Å². The van der Waals surface area contributed by atoms with Gasteiger partial charge in [-0.05, 0) is 30.3 Å². The lowest BCUT2D eigenvalue weighted by Crippen LogP contribution is -1.99. The van der Waals surface area contributed by atoms with Crippen LogP contribution in [0.3, 0.4) is 0 Å². The maximum atomic E-state index is 11.6. The summed E-state index contributed by atoms with van der Waals surface area (Å²) >= 11 is 0. The predicted octanol–water partition coefficient (Wildman–Crippen LogP) is 1.62. The third kappa shape index (κ3) is 2.25. The molecule has 6 nitrogen and oxygen atoms in total. The van der Waals surface area contributed by atoms with Crippen LogP contribution in [0.25, 0.3) is 22.6 Å². The molecule has 0 spiro atoms. The van der Waals surface area contributed by atoms with Gasteiger partial charge in [0, 0.05) is 19.5 Å². The number of benzene rings is 1. The van der Waals surface area contributed by atoms with Gasteiger partial charge in [-0.2, -0.15) is 0 Å². The first-order valence-corrected chi connectivity index (χ1v) is 8.14. The third-order valence-corrected chi connectivity index (χ3v) is 4.44. The minimum Gasteiger partial charge on any atom is -0.397 e. The monoisotopic (exact) mass is 302 g/mol. The summed E-state index contributed by atoms with van der Waals surface area (Å²) in [5.74, 6) is 0.605. The second-order valence-corrected chi connectivity index (χ2v) is 6.87. The number of hydrogen-bond acceptors (Lipinski definition) is 5. The average molecular weight is 302 g/mol. The molecule has 7 heteroatoms. The molecule has 0 fully saturated rings. The molecule has 3 aromatic rings. The number of nitrogen functional groups attached to an aromatic ring is 1. The van der Waals surface area contributed by atoms with Gasteiger partial charge >= 0.3 is 0 Å².